The van der Waals surface area contributed by atoms with E-state index in [9.17, 15) is 22.4 Å². The molecule has 10 nitrogen and oxygen atoms in total. The molecule has 1 aliphatic carbocycles. The van der Waals surface area contributed by atoms with Crippen LogP contribution >= 0.6 is 0 Å². The summed E-state index contributed by atoms with van der Waals surface area (Å²) in [5, 5.41) is 8.38. The number of hydrogen-bond donors (Lipinski definition) is 1. The van der Waals surface area contributed by atoms with Crippen LogP contribution in [-0.2, 0) is 23.1 Å². The van der Waals surface area contributed by atoms with Crippen molar-refractivity contribution in [2.45, 2.75) is 62.9 Å². The number of hydrogen-bond acceptors (Lipinski definition) is 8. The van der Waals surface area contributed by atoms with Crippen LogP contribution in [0.25, 0.3) is 0 Å². The van der Waals surface area contributed by atoms with Gasteiger partial charge < -0.3 is 5.73 Å². The van der Waals surface area contributed by atoms with Crippen molar-refractivity contribution >= 4 is 35.3 Å². The summed E-state index contributed by atoms with van der Waals surface area (Å²) < 4.78 is 77.0. The van der Waals surface area contributed by atoms with Gasteiger partial charge in [-0.3, -0.25) is 13.8 Å². The molecule has 3 heterocycles. The molecule has 16 heteroatoms. The highest BCUT2D eigenvalue weighted by Gasteiger charge is 2.52. The zero-order chi connectivity index (χ0) is 35.3. The number of fused-ring (bicyclic) bond motifs is 1. The topological polar surface area (TPSA) is 132 Å². The number of pyridine rings is 1. The van der Waals surface area contributed by atoms with Crippen LogP contribution in [0.1, 0.15) is 49.7 Å². The molecule has 0 bridgehead atoms. The molecule has 0 amide bonds. The summed E-state index contributed by atoms with van der Waals surface area (Å²) in [5.41, 5.74) is 5.03. The summed E-state index contributed by atoms with van der Waals surface area (Å²) in [6.07, 6.45) is 0.766. The summed E-state index contributed by atoms with van der Waals surface area (Å²) in [6.45, 7) is 10.1. The number of aliphatic imine (C=N–C) groups is 1. The van der Waals surface area contributed by atoms with E-state index in [0.717, 1.165) is 18.3 Å². The quantitative estimate of drug-likeness (QED) is 0.174. The lowest BCUT2D eigenvalue weighted by Crippen LogP contribution is -2.54. The molecule has 0 spiro atoms. The monoisotopic (exact) mass is 702 g/mol. The molecular formula is C32H38F4N8O2SSi. The number of Topliss-reactive ketones (excluding diaryl/α,β-unsaturated/α-hetero) is 1. The third-order valence-corrected chi connectivity index (χ3v) is 17.5. The van der Waals surface area contributed by atoms with Gasteiger partial charge in [0.25, 0.3) is 0 Å². The Bertz CT molecular complexity index is 1950. The van der Waals surface area contributed by atoms with E-state index >= 15 is 4.21 Å². The van der Waals surface area contributed by atoms with Crippen LogP contribution in [0, 0.1) is 11.2 Å². The average Bonchev–Trinajstić information content (AvgIpc) is 3.47. The van der Waals surface area contributed by atoms with Crippen LogP contribution in [0.4, 0.5) is 23.2 Å². The van der Waals surface area contributed by atoms with Gasteiger partial charge >= 0.3 is 6.18 Å². The van der Waals surface area contributed by atoms with Crippen molar-refractivity contribution in [1.82, 2.24) is 24.3 Å². The van der Waals surface area contributed by atoms with Gasteiger partial charge in [0, 0.05) is 26.3 Å². The molecule has 256 valence electrons. The molecule has 1 unspecified atom stereocenters. The Labute approximate surface area is 278 Å². The Morgan fingerprint density at radius 1 is 1.15 bits per heavy atom. The van der Waals surface area contributed by atoms with E-state index in [-0.39, 0.29) is 41.7 Å². The van der Waals surface area contributed by atoms with Gasteiger partial charge in [-0.05, 0) is 85.2 Å². The first kappa shape index (κ1) is 35.3. The lowest BCUT2D eigenvalue weighted by atomic mass is 9.64. The van der Waals surface area contributed by atoms with Crippen LogP contribution in [0.3, 0.4) is 0 Å². The molecule has 5 rings (SSSR count). The van der Waals surface area contributed by atoms with Crippen molar-refractivity contribution in [1.29, 1.82) is 0 Å². The van der Waals surface area contributed by atoms with Gasteiger partial charge in [-0.2, -0.15) is 23.1 Å². The van der Waals surface area contributed by atoms with E-state index in [2.05, 4.69) is 20.2 Å². The molecule has 2 aliphatic rings. The molecular weight excluding hydrogens is 665 g/mol. The summed E-state index contributed by atoms with van der Waals surface area (Å²) in [6, 6.07) is 7.06. The average molecular weight is 703 g/mol. The van der Waals surface area contributed by atoms with Crippen LogP contribution < -0.4 is 5.73 Å². The first-order valence-electron chi connectivity index (χ1n) is 15.2. The number of piperidine rings is 1. The SMILES string of the molecule is Cn1ncc(S(=O)(=N[Si](C)(C)C(C)(C)C)N2CCC3=CC(=Nc4ccc(F)cc4)C(=CN)C[C@]3(C(=O)c3cc(C(F)(F)F)ccn3)C2)n1. The van der Waals surface area contributed by atoms with Gasteiger partial charge in [0.05, 0.1) is 28.6 Å². The van der Waals surface area contributed by atoms with Crippen LogP contribution in [0.5, 0.6) is 0 Å². The Hall–Kier alpha value is -4.02. The molecule has 1 aliphatic heterocycles. The number of benzene rings is 1. The fraction of sp³-hybridized carbons (Fsp3) is 0.406. The standard InChI is InChI=1S/C32H38F4N8O2SSi/c1-30(2,3)48(5,6)42-47(46,28-19-39-43(4)41-28)44-14-12-22-15-26(40-25-9-7-24(33)8-10-25)21(18-37)17-31(22,20-44)29(45)27-16-23(11-13-38-27)32(34,35)36/h7-11,13,15-16,18-19H,12,14,17,20,37H2,1-6H3/t31-,47?/m0/s1. The van der Waals surface area contributed by atoms with Crippen molar-refractivity contribution in [3.05, 3.63) is 89.3 Å². The van der Waals surface area contributed by atoms with E-state index in [1.54, 1.807) is 17.4 Å². The number of aryl methyl sites for hydroxylation is 1. The summed E-state index contributed by atoms with van der Waals surface area (Å²) >= 11 is 0. The Kier molecular flexibility index (Phi) is 9.16. The van der Waals surface area contributed by atoms with Gasteiger partial charge in [-0.25, -0.2) is 17.9 Å². The Morgan fingerprint density at radius 3 is 2.42 bits per heavy atom. The molecule has 2 atom stereocenters. The molecule has 2 aromatic heterocycles. The van der Waals surface area contributed by atoms with E-state index < -0.39 is 46.9 Å². The first-order chi connectivity index (χ1) is 22.3. The molecule has 48 heavy (non-hydrogen) atoms. The van der Waals surface area contributed by atoms with Crippen molar-refractivity contribution < 1.29 is 26.6 Å². The van der Waals surface area contributed by atoms with Gasteiger partial charge in [0.15, 0.2) is 29.0 Å². The highest BCUT2D eigenvalue weighted by atomic mass is 32.2. The number of carbonyl (C=O) groups excluding carboxylic acids is 1. The summed E-state index contributed by atoms with van der Waals surface area (Å²) in [7, 11) is -4.54. The maximum Gasteiger partial charge on any atom is 0.416 e. The zero-order valence-corrected chi connectivity index (χ0v) is 29.4. The molecule has 1 fully saturated rings. The maximum absolute atomic E-state index is 15.4. The Balaban J connectivity index is 1.72. The van der Waals surface area contributed by atoms with Gasteiger partial charge in [0.1, 0.15) is 11.5 Å². The Morgan fingerprint density at radius 2 is 1.83 bits per heavy atom. The lowest BCUT2D eigenvalue weighted by Gasteiger charge is -2.47. The number of nitrogens with zero attached hydrogens (tertiary/aromatic N) is 7. The van der Waals surface area contributed by atoms with Gasteiger partial charge in [-0.1, -0.05) is 26.3 Å². The van der Waals surface area contributed by atoms with E-state index in [1.807, 2.05) is 33.9 Å². The molecule has 0 radical (unpaired) electrons. The zero-order valence-electron chi connectivity index (χ0n) is 27.5. The number of nitrogens with two attached hydrogens (primary N) is 1. The van der Waals surface area contributed by atoms with Crippen molar-refractivity contribution in [3.8, 4) is 0 Å². The predicted octanol–water partition coefficient (Wildman–Crippen LogP) is 6.64. The third-order valence-electron chi connectivity index (χ3n) is 9.24. The second kappa shape index (κ2) is 12.5. The summed E-state index contributed by atoms with van der Waals surface area (Å²) in [4.78, 5) is 24.7. The van der Waals surface area contributed by atoms with E-state index in [1.165, 1.54) is 41.5 Å². The fourth-order valence-corrected chi connectivity index (χ4v) is 11.4. The lowest BCUT2D eigenvalue weighted by molar-refractivity contribution is -0.137. The molecule has 3 aromatic rings. The predicted molar refractivity (Wildman–Crippen MR) is 178 cm³/mol. The fourth-order valence-electron chi connectivity index (χ4n) is 5.54. The molecule has 1 aromatic carbocycles. The number of allylic oxidation sites excluding steroid dienone is 2. The third kappa shape index (κ3) is 6.65. The second-order valence-corrected chi connectivity index (χ2v) is 20.8. The van der Waals surface area contributed by atoms with E-state index in [4.69, 9.17) is 9.76 Å². The van der Waals surface area contributed by atoms with Crippen molar-refractivity contribution in [2.24, 2.45) is 27.2 Å². The largest absolute Gasteiger partial charge is 0.416 e. The minimum absolute atomic E-state index is 0.0707. The van der Waals surface area contributed by atoms with Crippen LogP contribution in [-0.4, -0.2) is 61.3 Å². The number of rotatable bonds is 6. The number of aromatic nitrogens is 4. The number of halogens is 4. The minimum Gasteiger partial charge on any atom is -0.404 e. The number of ketones is 1. The molecule has 0 saturated carbocycles. The number of alkyl halides is 3. The van der Waals surface area contributed by atoms with Crippen molar-refractivity contribution in [3.63, 3.8) is 0 Å². The number of carbonyl (C=O) groups is 1. The summed E-state index contributed by atoms with van der Waals surface area (Å²) in [5.74, 6) is -1.12. The first-order valence-corrected chi connectivity index (χ1v) is 19.7. The molecule has 1 saturated heterocycles. The second-order valence-electron chi connectivity index (χ2n) is 13.5. The van der Waals surface area contributed by atoms with Crippen molar-refractivity contribution in [2.75, 3.05) is 13.1 Å². The van der Waals surface area contributed by atoms with Crippen LogP contribution in [0.2, 0.25) is 18.1 Å². The van der Waals surface area contributed by atoms with Gasteiger partial charge in [0.2, 0.25) is 0 Å². The highest BCUT2D eigenvalue weighted by molar-refractivity contribution is 7.92. The minimum atomic E-state index is -4.71. The van der Waals surface area contributed by atoms with Gasteiger partial charge in [-0.15, -0.1) is 5.10 Å². The normalized spacial score (nSPS) is 22.2. The maximum atomic E-state index is 15.4. The highest BCUT2D eigenvalue weighted by Crippen LogP contribution is 2.49. The van der Waals surface area contributed by atoms with E-state index in [0.29, 0.717) is 22.5 Å². The van der Waals surface area contributed by atoms with Crippen LogP contribution in [0.15, 0.2) is 86.3 Å². The molecule has 2 N–H and O–H groups in total. The smallest absolute Gasteiger partial charge is 0.404 e.